The molecule has 2 N–H and O–H groups in total. The number of hydrogen-bond acceptors (Lipinski definition) is 6. The molecule has 0 amide bonds. The predicted octanol–water partition coefficient (Wildman–Crippen LogP) is 1.21. The smallest absolute Gasteiger partial charge is 0.188 e. The molecule has 0 atom stereocenters. The van der Waals surface area contributed by atoms with E-state index in [1.807, 2.05) is 0 Å². The summed E-state index contributed by atoms with van der Waals surface area (Å²) in [6, 6.07) is 1.77. The predicted molar refractivity (Wildman–Crippen MR) is 61.7 cm³/mol. The summed E-state index contributed by atoms with van der Waals surface area (Å²) >= 11 is 1.51. The van der Waals surface area contributed by atoms with E-state index in [1.54, 1.807) is 25.6 Å². The molecule has 0 spiro atoms. The van der Waals surface area contributed by atoms with E-state index in [0.29, 0.717) is 19.0 Å². The van der Waals surface area contributed by atoms with E-state index < -0.39 is 0 Å². The molecule has 2 aromatic rings. The van der Waals surface area contributed by atoms with Gasteiger partial charge in [0, 0.05) is 30.9 Å². The fourth-order valence-corrected chi connectivity index (χ4v) is 2.19. The number of thiazole rings is 1. The molecule has 0 aromatic carbocycles. The monoisotopic (exact) mass is 236 g/mol. The average Bonchev–Trinajstić information content (AvgIpc) is 2.74. The lowest BCUT2D eigenvalue weighted by Gasteiger charge is -1.95. The Morgan fingerprint density at radius 2 is 2.12 bits per heavy atom. The summed E-state index contributed by atoms with van der Waals surface area (Å²) in [6.45, 7) is 0.930. The van der Waals surface area contributed by atoms with E-state index in [4.69, 9.17) is 10.5 Å². The molecule has 5 nitrogen and oxygen atoms in total. The second-order valence-corrected chi connectivity index (χ2v) is 4.18. The SMILES string of the molecule is COCc1nc(-c2ncccn2)sc1CN. The van der Waals surface area contributed by atoms with Crippen molar-refractivity contribution in [3.63, 3.8) is 0 Å². The Bertz CT molecular complexity index is 457. The molecule has 0 bridgehead atoms. The molecule has 0 saturated heterocycles. The zero-order chi connectivity index (χ0) is 11.4. The molecule has 0 radical (unpaired) electrons. The molecular formula is C10H12N4OS. The van der Waals surface area contributed by atoms with Crippen LogP contribution < -0.4 is 5.73 Å². The Hall–Kier alpha value is -1.37. The zero-order valence-corrected chi connectivity index (χ0v) is 9.70. The highest BCUT2D eigenvalue weighted by atomic mass is 32.1. The van der Waals surface area contributed by atoms with Crippen LogP contribution in [0, 0.1) is 0 Å². The Morgan fingerprint density at radius 1 is 1.38 bits per heavy atom. The second-order valence-electron chi connectivity index (χ2n) is 3.10. The van der Waals surface area contributed by atoms with Gasteiger partial charge in [0.2, 0.25) is 0 Å². The topological polar surface area (TPSA) is 73.9 Å². The Balaban J connectivity index is 2.36. The minimum absolute atomic E-state index is 0.462. The van der Waals surface area contributed by atoms with Crippen molar-refractivity contribution < 1.29 is 4.74 Å². The number of rotatable bonds is 4. The van der Waals surface area contributed by atoms with E-state index in [9.17, 15) is 0 Å². The molecule has 0 aliphatic rings. The third-order valence-electron chi connectivity index (χ3n) is 2.00. The van der Waals surface area contributed by atoms with Gasteiger partial charge in [0.25, 0.3) is 0 Å². The molecule has 2 heterocycles. The van der Waals surface area contributed by atoms with Gasteiger partial charge >= 0.3 is 0 Å². The maximum atomic E-state index is 5.65. The Kier molecular flexibility index (Phi) is 3.55. The molecule has 0 saturated carbocycles. The van der Waals surface area contributed by atoms with E-state index in [0.717, 1.165) is 15.6 Å². The fourth-order valence-electron chi connectivity index (χ4n) is 1.30. The van der Waals surface area contributed by atoms with Crippen molar-refractivity contribution in [3.05, 3.63) is 29.0 Å². The third kappa shape index (κ3) is 2.24. The van der Waals surface area contributed by atoms with Gasteiger partial charge in [-0.3, -0.25) is 0 Å². The van der Waals surface area contributed by atoms with Gasteiger partial charge in [0.05, 0.1) is 12.3 Å². The first-order valence-corrected chi connectivity index (χ1v) is 5.61. The van der Waals surface area contributed by atoms with E-state index in [-0.39, 0.29) is 0 Å². The average molecular weight is 236 g/mol. The minimum atomic E-state index is 0.462. The van der Waals surface area contributed by atoms with Crippen LogP contribution >= 0.6 is 11.3 Å². The first-order chi connectivity index (χ1) is 7.85. The lowest BCUT2D eigenvalue weighted by molar-refractivity contribution is 0.181. The van der Waals surface area contributed by atoms with Crippen molar-refractivity contribution in [2.45, 2.75) is 13.2 Å². The summed E-state index contributed by atoms with van der Waals surface area (Å²) in [5.41, 5.74) is 6.52. The summed E-state index contributed by atoms with van der Waals surface area (Å²) in [5.74, 6) is 0.629. The number of nitrogens with two attached hydrogens (primary N) is 1. The fraction of sp³-hybridized carbons (Fsp3) is 0.300. The summed E-state index contributed by atoms with van der Waals surface area (Å²) in [4.78, 5) is 13.8. The normalized spacial score (nSPS) is 10.6. The quantitative estimate of drug-likeness (QED) is 0.863. The van der Waals surface area contributed by atoms with Crippen LogP contribution in [0.1, 0.15) is 10.6 Å². The van der Waals surface area contributed by atoms with Crippen LogP contribution in [0.4, 0.5) is 0 Å². The van der Waals surface area contributed by atoms with Crippen molar-refractivity contribution in [3.8, 4) is 10.8 Å². The van der Waals surface area contributed by atoms with Crippen molar-refractivity contribution >= 4 is 11.3 Å². The van der Waals surface area contributed by atoms with Gasteiger partial charge in [-0.15, -0.1) is 11.3 Å². The van der Waals surface area contributed by atoms with Gasteiger partial charge in [0.15, 0.2) is 10.8 Å². The zero-order valence-electron chi connectivity index (χ0n) is 8.88. The van der Waals surface area contributed by atoms with Crippen LogP contribution in [-0.2, 0) is 17.9 Å². The van der Waals surface area contributed by atoms with Crippen LogP contribution in [0.15, 0.2) is 18.5 Å². The molecule has 2 aromatic heterocycles. The first-order valence-electron chi connectivity index (χ1n) is 4.80. The van der Waals surface area contributed by atoms with E-state index in [2.05, 4.69) is 15.0 Å². The third-order valence-corrected chi connectivity index (χ3v) is 3.12. The maximum Gasteiger partial charge on any atom is 0.188 e. The van der Waals surface area contributed by atoms with Crippen LogP contribution in [0.25, 0.3) is 10.8 Å². The lowest BCUT2D eigenvalue weighted by atomic mass is 10.4. The minimum Gasteiger partial charge on any atom is -0.378 e. The molecule has 6 heteroatoms. The summed E-state index contributed by atoms with van der Waals surface area (Å²) in [5, 5.41) is 0.785. The number of hydrogen-bond donors (Lipinski definition) is 1. The van der Waals surface area contributed by atoms with Gasteiger partial charge in [-0.1, -0.05) is 0 Å². The van der Waals surface area contributed by atoms with E-state index >= 15 is 0 Å². The molecule has 84 valence electrons. The van der Waals surface area contributed by atoms with E-state index in [1.165, 1.54) is 11.3 Å². The van der Waals surface area contributed by atoms with Crippen LogP contribution in [0.3, 0.4) is 0 Å². The van der Waals surface area contributed by atoms with Gasteiger partial charge in [0.1, 0.15) is 0 Å². The lowest BCUT2D eigenvalue weighted by Crippen LogP contribution is -1.99. The highest BCUT2D eigenvalue weighted by Crippen LogP contribution is 2.25. The Morgan fingerprint density at radius 3 is 2.75 bits per heavy atom. The maximum absolute atomic E-state index is 5.65. The molecule has 2 rings (SSSR count). The van der Waals surface area contributed by atoms with Gasteiger partial charge < -0.3 is 10.5 Å². The van der Waals surface area contributed by atoms with Crippen molar-refractivity contribution in [1.29, 1.82) is 0 Å². The summed E-state index contributed by atoms with van der Waals surface area (Å²) in [6.07, 6.45) is 3.39. The molecular weight excluding hydrogens is 224 g/mol. The van der Waals surface area contributed by atoms with Gasteiger partial charge in [-0.2, -0.15) is 0 Å². The molecule has 0 aliphatic carbocycles. The van der Waals surface area contributed by atoms with Crippen LogP contribution in [0.5, 0.6) is 0 Å². The number of nitrogens with zero attached hydrogens (tertiary/aromatic N) is 3. The van der Waals surface area contributed by atoms with Crippen molar-refractivity contribution in [2.24, 2.45) is 5.73 Å². The summed E-state index contributed by atoms with van der Waals surface area (Å²) < 4.78 is 5.07. The first kappa shape index (κ1) is 11.1. The number of methoxy groups -OCH3 is 1. The second kappa shape index (κ2) is 5.11. The molecule has 0 aliphatic heterocycles. The van der Waals surface area contributed by atoms with Crippen LogP contribution in [-0.4, -0.2) is 22.1 Å². The number of ether oxygens (including phenoxy) is 1. The largest absolute Gasteiger partial charge is 0.378 e. The number of aromatic nitrogens is 3. The van der Waals surface area contributed by atoms with Gasteiger partial charge in [-0.25, -0.2) is 15.0 Å². The summed E-state index contributed by atoms with van der Waals surface area (Å²) in [7, 11) is 1.64. The molecule has 16 heavy (non-hydrogen) atoms. The highest BCUT2D eigenvalue weighted by Gasteiger charge is 2.12. The van der Waals surface area contributed by atoms with Gasteiger partial charge in [-0.05, 0) is 6.07 Å². The molecule has 0 unspecified atom stereocenters. The van der Waals surface area contributed by atoms with Crippen molar-refractivity contribution in [2.75, 3.05) is 7.11 Å². The standard InChI is InChI=1S/C10H12N4OS/c1-15-6-7-8(5-11)16-10(14-7)9-12-3-2-4-13-9/h2-4H,5-6,11H2,1H3. The van der Waals surface area contributed by atoms with Crippen LogP contribution in [0.2, 0.25) is 0 Å². The Labute approximate surface area is 97.3 Å². The highest BCUT2D eigenvalue weighted by molar-refractivity contribution is 7.15. The van der Waals surface area contributed by atoms with Crippen molar-refractivity contribution in [1.82, 2.24) is 15.0 Å². The molecule has 0 fully saturated rings.